The van der Waals surface area contributed by atoms with E-state index in [-0.39, 0.29) is 6.04 Å². The summed E-state index contributed by atoms with van der Waals surface area (Å²) < 4.78 is 0. The fourth-order valence-electron chi connectivity index (χ4n) is 2.74. The van der Waals surface area contributed by atoms with Gasteiger partial charge in [-0.2, -0.15) is 0 Å². The van der Waals surface area contributed by atoms with Gasteiger partial charge in [-0.25, -0.2) is 0 Å². The molecular weight excluding hydrogens is 262 g/mol. The van der Waals surface area contributed by atoms with Gasteiger partial charge in [-0.1, -0.05) is 43.5 Å². The molecule has 1 aliphatic rings. The summed E-state index contributed by atoms with van der Waals surface area (Å²) in [5, 5.41) is 13.3. The fraction of sp³-hybridized carbons (Fsp3) is 0.533. The average Bonchev–Trinajstić information content (AvgIpc) is 2.39. The Morgan fingerprint density at radius 3 is 2.53 bits per heavy atom. The first-order valence-electron chi connectivity index (χ1n) is 6.82. The van der Waals surface area contributed by atoms with Crippen molar-refractivity contribution in [3.63, 3.8) is 0 Å². The molecule has 4 heteroatoms. The van der Waals surface area contributed by atoms with Gasteiger partial charge in [-0.3, -0.25) is 10.1 Å². The van der Waals surface area contributed by atoms with Crippen molar-refractivity contribution in [2.24, 2.45) is 5.92 Å². The third-order valence-corrected chi connectivity index (χ3v) is 4.19. The van der Waals surface area contributed by atoms with Crippen LogP contribution >= 0.6 is 11.6 Å². The van der Waals surface area contributed by atoms with Gasteiger partial charge in [-0.05, 0) is 36.5 Å². The Morgan fingerprint density at radius 1 is 1.32 bits per heavy atom. The third-order valence-electron chi connectivity index (χ3n) is 3.94. The van der Waals surface area contributed by atoms with Crippen LogP contribution in [0, 0.1) is 5.92 Å². The Bertz CT molecular complexity index is 432. The highest BCUT2D eigenvalue weighted by atomic mass is 35.5. The third kappa shape index (κ3) is 3.71. The number of nitrogens with one attached hydrogen (secondary N) is 1. The highest BCUT2D eigenvalue weighted by molar-refractivity contribution is 6.30. The highest BCUT2D eigenvalue weighted by Gasteiger charge is 2.27. The molecule has 2 N–H and O–H groups in total. The smallest absolute Gasteiger partial charge is 0.325 e. The number of carboxylic acid groups (broad SMARTS) is 1. The second kappa shape index (κ2) is 6.40. The van der Waals surface area contributed by atoms with Gasteiger partial charge in [0.25, 0.3) is 0 Å². The minimum Gasteiger partial charge on any atom is -0.480 e. The van der Waals surface area contributed by atoms with Crippen molar-refractivity contribution >= 4 is 17.6 Å². The molecule has 0 radical (unpaired) electrons. The Kier molecular flexibility index (Phi) is 4.83. The lowest BCUT2D eigenvalue weighted by atomic mass is 9.85. The molecule has 3 atom stereocenters. The molecule has 1 aliphatic carbocycles. The molecule has 0 bridgehead atoms. The zero-order chi connectivity index (χ0) is 13.8. The van der Waals surface area contributed by atoms with E-state index in [1.807, 2.05) is 0 Å². The van der Waals surface area contributed by atoms with E-state index < -0.39 is 12.0 Å². The summed E-state index contributed by atoms with van der Waals surface area (Å²) in [6.07, 6.45) is 4.65. The Morgan fingerprint density at radius 2 is 1.95 bits per heavy atom. The number of carbonyl (C=O) groups is 1. The van der Waals surface area contributed by atoms with Crippen LogP contribution in [0.25, 0.3) is 0 Å². The fourth-order valence-corrected chi connectivity index (χ4v) is 2.87. The summed E-state index contributed by atoms with van der Waals surface area (Å²) >= 11 is 5.84. The Labute approximate surface area is 119 Å². The number of hydrogen-bond donors (Lipinski definition) is 2. The van der Waals surface area contributed by atoms with Crippen molar-refractivity contribution in [2.75, 3.05) is 0 Å². The van der Waals surface area contributed by atoms with Crippen LogP contribution in [-0.4, -0.2) is 17.1 Å². The van der Waals surface area contributed by atoms with E-state index in [1.54, 1.807) is 24.3 Å². The van der Waals surface area contributed by atoms with Crippen molar-refractivity contribution < 1.29 is 9.90 Å². The number of aliphatic carboxylic acids is 1. The zero-order valence-electron chi connectivity index (χ0n) is 11.1. The molecule has 0 spiro atoms. The summed E-state index contributed by atoms with van der Waals surface area (Å²) in [6.45, 7) is 2.19. The number of carboxylic acids is 1. The normalized spacial score (nSPS) is 24.9. The highest BCUT2D eigenvalue weighted by Crippen LogP contribution is 2.27. The molecule has 2 rings (SSSR count). The monoisotopic (exact) mass is 281 g/mol. The molecular formula is C15H20ClNO2. The van der Waals surface area contributed by atoms with Crippen LogP contribution in [0.15, 0.2) is 24.3 Å². The average molecular weight is 282 g/mol. The molecule has 0 aromatic heterocycles. The number of hydrogen-bond acceptors (Lipinski definition) is 2. The van der Waals surface area contributed by atoms with Gasteiger partial charge >= 0.3 is 5.97 Å². The first-order chi connectivity index (χ1) is 9.08. The number of benzene rings is 1. The summed E-state index contributed by atoms with van der Waals surface area (Å²) in [5.74, 6) is -0.303. The molecule has 1 aromatic carbocycles. The van der Waals surface area contributed by atoms with Crippen LogP contribution in [0.1, 0.15) is 44.2 Å². The van der Waals surface area contributed by atoms with Gasteiger partial charge in [0.1, 0.15) is 6.04 Å². The van der Waals surface area contributed by atoms with E-state index >= 15 is 0 Å². The maximum atomic E-state index is 11.5. The second-order valence-electron chi connectivity index (χ2n) is 5.36. The largest absolute Gasteiger partial charge is 0.480 e. The summed E-state index contributed by atoms with van der Waals surface area (Å²) in [5.41, 5.74) is 0.759. The van der Waals surface area contributed by atoms with Crippen molar-refractivity contribution in [1.82, 2.24) is 5.32 Å². The molecule has 1 fully saturated rings. The molecule has 0 heterocycles. The molecule has 3 nitrogen and oxygen atoms in total. The molecule has 104 valence electrons. The number of halogens is 1. The van der Waals surface area contributed by atoms with E-state index in [2.05, 4.69) is 12.2 Å². The maximum absolute atomic E-state index is 11.5. The summed E-state index contributed by atoms with van der Waals surface area (Å²) in [6, 6.07) is 6.66. The van der Waals surface area contributed by atoms with Gasteiger partial charge in [0.2, 0.25) is 0 Å². The first kappa shape index (κ1) is 14.4. The van der Waals surface area contributed by atoms with Gasteiger partial charge in [0, 0.05) is 11.1 Å². The predicted octanol–water partition coefficient (Wildman–Crippen LogP) is 3.63. The first-order valence-corrected chi connectivity index (χ1v) is 7.20. The maximum Gasteiger partial charge on any atom is 0.325 e. The van der Waals surface area contributed by atoms with Gasteiger partial charge in [0.05, 0.1) is 0 Å². The molecule has 0 amide bonds. The standard InChI is InChI=1S/C15H20ClNO2/c1-10-4-2-3-5-13(10)17-14(15(18)19)11-6-8-12(16)9-7-11/h6-10,13-14,17H,2-5H2,1H3,(H,18,19). The zero-order valence-corrected chi connectivity index (χ0v) is 11.9. The minimum atomic E-state index is -0.833. The van der Waals surface area contributed by atoms with Crippen molar-refractivity contribution in [1.29, 1.82) is 0 Å². The molecule has 1 saturated carbocycles. The van der Waals surface area contributed by atoms with E-state index in [4.69, 9.17) is 11.6 Å². The topological polar surface area (TPSA) is 49.3 Å². The summed E-state index contributed by atoms with van der Waals surface area (Å²) in [7, 11) is 0. The van der Waals surface area contributed by atoms with Gasteiger partial charge < -0.3 is 5.11 Å². The van der Waals surface area contributed by atoms with E-state index in [0.29, 0.717) is 10.9 Å². The Balaban J connectivity index is 2.11. The quantitative estimate of drug-likeness (QED) is 0.886. The SMILES string of the molecule is CC1CCCCC1NC(C(=O)O)c1ccc(Cl)cc1. The van der Waals surface area contributed by atoms with Crippen molar-refractivity contribution in [3.05, 3.63) is 34.9 Å². The van der Waals surface area contributed by atoms with Crippen molar-refractivity contribution in [3.8, 4) is 0 Å². The summed E-state index contributed by atoms with van der Waals surface area (Å²) in [4.78, 5) is 11.5. The van der Waals surface area contributed by atoms with Crippen LogP contribution in [0.5, 0.6) is 0 Å². The molecule has 0 aliphatic heterocycles. The van der Waals surface area contributed by atoms with Crippen LogP contribution < -0.4 is 5.32 Å². The number of rotatable bonds is 4. The molecule has 3 unspecified atom stereocenters. The van der Waals surface area contributed by atoms with E-state index in [1.165, 1.54) is 19.3 Å². The molecule has 0 saturated heterocycles. The van der Waals surface area contributed by atoms with E-state index in [9.17, 15) is 9.90 Å². The Hall–Kier alpha value is -1.06. The van der Waals surface area contributed by atoms with Crippen LogP contribution in [-0.2, 0) is 4.79 Å². The lowest BCUT2D eigenvalue weighted by Crippen LogP contribution is -2.42. The van der Waals surface area contributed by atoms with Crippen molar-refractivity contribution in [2.45, 2.75) is 44.7 Å². The van der Waals surface area contributed by atoms with Gasteiger partial charge in [0.15, 0.2) is 0 Å². The lowest BCUT2D eigenvalue weighted by Gasteiger charge is -2.32. The van der Waals surface area contributed by atoms with Gasteiger partial charge in [-0.15, -0.1) is 0 Å². The molecule has 19 heavy (non-hydrogen) atoms. The second-order valence-corrected chi connectivity index (χ2v) is 5.79. The van der Waals surface area contributed by atoms with Crippen LogP contribution in [0.2, 0.25) is 5.02 Å². The van der Waals surface area contributed by atoms with Crippen LogP contribution in [0.4, 0.5) is 0 Å². The lowest BCUT2D eigenvalue weighted by molar-refractivity contribution is -0.140. The molecule has 1 aromatic rings. The predicted molar refractivity (Wildman–Crippen MR) is 76.4 cm³/mol. The van der Waals surface area contributed by atoms with E-state index in [0.717, 1.165) is 12.0 Å². The minimum absolute atomic E-state index is 0.283. The van der Waals surface area contributed by atoms with Crippen LogP contribution in [0.3, 0.4) is 0 Å².